The Balaban J connectivity index is 2.40. The smallest absolute Gasteiger partial charge is 0.0434 e. The van der Waals surface area contributed by atoms with Gasteiger partial charge in [0, 0.05) is 26.2 Å². The van der Waals surface area contributed by atoms with Crippen molar-refractivity contribution in [2.75, 3.05) is 39.3 Å². The van der Waals surface area contributed by atoms with Gasteiger partial charge in [0.25, 0.3) is 0 Å². The van der Waals surface area contributed by atoms with Gasteiger partial charge in [0.2, 0.25) is 0 Å². The lowest BCUT2D eigenvalue weighted by atomic mass is 9.85. The van der Waals surface area contributed by atoms with Crippen LogP contribution in [0.15, 0.2) is 0 Å². The molecule has 20 heavy (non-hydrogen) atoms. The molecule has 1 heterocycles. The quantitative estimate of drug-likeness (QED) is 0.683. The van der Waals surface area contributed by atoms with Crippen LogP contribution in [0.2, 0.25) is 0 Å². The van der Waals surface area contributed by atoms with Crippen molar-refractivity contribution >= 4 is 0 Å². The number of aliphatic hydroxyl groups is 1. The summed E-state index contributed by atoms with van der Waals surface area (Å²) in [5.41, 5.74) is 0.371. The maximum Gasteiger partial charge on any atom is 0.0434 e. The van der Waals surface area contributed by atoms with Crippen molar-refractivity contribution in [1.29, 1.82) is 0 Å². The highest BCUT2D eigenvalue weighted by molar-refractivity contribution is 4.83. The minimum atomic E-state index is 0.347. The van der Waals surface area contributed by atoms with Gasteiger partial charge in [0.15, 0.2) is 0 Å². The third-order valence-corrected chi connectivity index (χ3v) is 4.70. The first-order valence-corrected chi connectivity index (χ1v) is 8.53. The van der Waals surface area contributed by atoms with E-state index in [0.29, 0.717) is 17.9 Å². The molecule has 0 saturated carbocycles. The van der Waals surface area contributed by atoms with Crippen molar-refractivity contribution in [1.82, 2.24) is 10.2 Å². The molecule has 2 atom stereocenters. The molecule has 1 aliphatic heterocycles. The molecule has 2 N–H and O–H groups in total. The zero-order valence-corrected chi connectivity index (χ0v) is 14.1. The molecule has 1 saturated heterocycles. The van der Waals surface area contributed by atoms with Crippen molar-refractivity contribution in [3.63, 3.8) is 0 Å². The van der Waals surface area contributed by atoms with Crippen LogP contribution in [0.3, 0.4) is 0 Å². The van der Waals surface area contributed by atoms with E-state index < -0.39 is 0 Å². The minimum absolute atomic E-state index is 0.347. The summed E-state index contributed by atoms with van der Waals surface area (Å²) >= 11 is 0. The van der Waals surface area contributed by atoms with E-state index in [-0.39, 0.29) is 0 Å². The molecule has 120 valence electrons. The zero-order valence-electron chi connectivity index (χ0n) is 14.1. The standard InChI is InChI=1S/C17H36N2O/c1-5-17(4,13-18-11-15(2)3)14-19-9-6-7-16(12-19)8-10-20/h15-16,18,20H,5-14H2,1-4H3. The number of nitrogens with zero attached hydrogens (tertiary/aromatic N) is 1. The third kappa shape index (κ3) is 6.55. The summed E-state index contributed by atoms with van der Waals surface area (Å²) in [6.45, 7) is 15.4. The predicted octanol–water partition coefficient (Wildman–Crippen LogP) is 2.74. The summed E-state index contributed by atoms with van der Waals surface area (Å²) in [6.07, 6.45) is 4.79. The van der Waals surface area contributed by atoms with E-state index in [1.165, 1.54) is 38.9 Å². The van der Waals surface area contributed by atoms with Crippen molar-refractivity contribution in [3.8, 4) is 0 Å². The van der Waals surface area contributed by atoms with Crippen LogP contribution in [-0.2, 0) is 0 Å². The van der Waals surface area contributed by atoms with E-state index in [1.807, 2.05) is 0 Å². The third-order valence-electron chi connectivity index (χ3n) is 4.70. The molecule has 2 unspecified atom stereocenters. The predicted molar refractivity (Wildman–Crippen MR) is 87.0 cm³/mol. The van der Waals surface area contributed by atoms with Crippen LogP contribution in [0.5, 0.6) is 0 Å². The summed E-state index contributed by atoms with van der Waals surface area (Å²) in [5, 5.41) is 12.8. The van der Waals surface area contributed by atoms with Crippen molar-refractivity contribution in [2.45, 2.75) is 53.4 Å². The largest absolute Gasteiger partial charge is 0.396 e. The van der Waals surface area contributed by atoms with Crippen LogP contribution >= 0.6 is 0 Å². The van der Waals surface area contributed by atoms with Gasteiger partial charge in [0.1, 0.15) is 0 Å². The van der Waals surface area contributed by atoms with Crippen LogP contribution in [0, 0.1) is 17.3 Å². The average Bonchev–Trinajstić information content (AvgIpc) is 2.39. The maximum absolute atomic E-state index is 9.12. The van der Waals surface area contributed by atoms with Gasteiger partial charge in [-0.1, -0.05) is 27.7 Å². The summed E-state index contributed by atoms with van der Waals surface area (Å²) in [7, 11) is 0. The highest BCUT2D eigenvalue weighted by Crippen LogP contribution is 2.26. The van der Waals surface area contributed by atoms with Crippen molar-refractivity contribution in [3.05, 3.63) is 0 Å². The van der Waals surface area contributed by atoms with E-state index in [1.54, 1.807) is 0 Å². The molecule has 1 rings (SSSR count). The van der Waals surface area contributed by atoms with Gasteiger partial charge < -0.3 is 15.3 Å². The van der Waals surface area contributed by atoms with Crippen LogP contribution in [0.25, 0.3) is 0 Å². The second-order valence-corrected chi connectivity index (χ2v) is 7.44. The highest BCUT2D eigenvalue weighted by atomic mass is 16.3. The molecule has 3 nitrogen and oxygen atoms in total. The van der Waals surface area contributed by atoms with Crippen molar-refractivity contribution in [2.24, 2.45) is 17.3 Å². The second-order valence-electron chi connectivity index (χ2n) is 7.44. The molecule has 0 aliphatic carbocycles. The molecule has 0 radical (unpaired) electrons. The Bertz CT molecular complexity index is 255. The van der Waals surface area contributed by atoms with Gasteiger partial charge >= 0.3 is 0 Å². The first kappa shape index (κ1) is 17.9. The first-order valence-electron chi connectivity index (χ1n) is 8.53. The topological polar surface area (TPSA) is 35.5 Å². The van der Waals surface area contributed by atoms with Crippen LogP contribution < -0.4 is 5.32 Å². The molecule has 0 spiro atoms. The minimum Gasteiger partial charge on any atom is -0.396 e. The van der Waals surface area contributed by atoms with E-state index in [0.717, 1.165) is 25.4 Å². The Labute approximate surface area is 126 Å². The van der Waals surface area contributed by atoms with Crippen molar-refractivity contribution < 1.29 is 5.11 Å². The SMILES string of the molecule is CCC(C)(CNCC(C)C)CN1CCCC(CCO)C1. The fourth-order valence-electron chi connectivity index (χ4n) is 3.21. The van der Waals surface area contributed by atoms with Gasteiger partial charge in [-0.15, -0.1) is 0 Å². The van der Waals surface area contributed by atoms with E-state index in [2.05, 4.69) is 37.9 Å². The Kier molecular flexibility index (Phi) is 8.08. The van der Waals surface area contributed by atoms with E-state index in [9.17, 15) is 0 Å². The Morgan fingerprint density at radius 1 is 1.40 bits per heavy atom. The fourth-order valence-corrected chi connectivity index (χ4v) is 3.21. The molecule has 0 aromatic carbocycles. The number of hydrogen-bond donors (Lipinski definition) is 2. The average molecular weight is 284 g/mol. The Hall–Kier alpha value is -0.120. The molecular formula is C17H36N2O. The normalized spacial score (nSPS) is 24.0. The summed E-state index contributed by atoms with van der Waals surface area (Å²) in [5.74, 6) is 1.43. The molecule has 0 aromatic heterocycles. The number of hydrogen-bond acceptors (Lipinski definition) is 3. The van der Waals surface area contributed by atoms with Crippen LogP contribution in [0.1, 0.15) is 53.4 Å². The number of likely N-dealkylation sites (tertiary alicyclic amines) is 1. The first-order chi connectivity index (χ1) is 9.49. The number of nitrogens with one attached hydrogen (secondary N) is 1. The fraction of sp³-hybridized carbons (Fsp3) is 1.00. The molecule has 0 aromatic rings. The monoisotopic (exact) mass is 284 g/mol. The Morgan fingerprint density at radius 3 is 2.75 bits per heavy atom. The van der Waals surface area contributed by atoms with Crippen LogP contribution in [-0.4, -0.2) is 49.3 Å². The summed E-state index contributed by atoms with van der Waals surface area (Å²) in [4.78, 5) is 2.63. The molecule has 0 amide bonds. The number of piperidine rings is 1. The second kappa shape index (κ2) is 9.01. The van der Waals surface area contributed by atoms with E-state index in [4.69, 9.17) is 5.11 Å². The van der Waals surface area contributed by atoms with Gasteiger partial charge in [-0.2, -0.15) is 0 Å². The Morgan fingerprint density at radius 2 is 2.15 bits per heavy atom. The van der Waals surface area contributed by atoms with Gasteiger partial charge in [-0.05, 0) is 56.0 Å². The molecule has 1 fully saturated rings. The van der Waals surface area contributed by atoms with Gasteiger partial charge in [-0.3, -0.25) is 0 Å². The van der Waals surface area contributed by atoms with Crippen LogP contribution in [0.4, 0.5) is 0 Å². The summed E-state index contributed by atoms with van der Waals surface area (Å²) < 4.78 is 0. The molecule has 0 bridgehead atoms. The van der Waals surface area contributed by atoms with Gasteiger partial charge in [0.05, 0.1) is 0 Å². The van der Waals surface area contributed by atoms with Gasteiger partial charge in [-0.25, -0.2) is 0 Å². The zero-order chi connectivity index (χ0) is 15.0. The number of aliphatic hydroxyl groups excluding tert-OH is 1. The molecule has 1 aliphatic rings. The number of rotatable bonds is 9. The lowest BCUT2D eigenvalue weighted by Gasteiger charge is -2.39. The maximum atomic E-state index is 9.12. The van der Waals surface area contributed by atoms with E-state index >= 15 is 0 Å². The highest BCUT2D eigenvalue weighted by Gasteiger charge is 2.28. The summed E-state index contributed by atoms with van der Waals surface area (Å²) in [6, 6.07) is 0. The molecule has 3 heteroatoms. The lowest BCUT2D eigenvalue weighted by Crippen LogP contribution is -2.46. The molecular weight excluding hydrogens is 248 g/mol. The lowest BCUT2D eigenvalue weighted by molar-refractivity contribution is 0.0964.